The van der Waals surface area contributed by atoms with E-state index in [-0.39, 0.29) is 17.2 Å². The van der Waals surface area contributed by atoms with E-state index in [0.717, 1.165) is 61.2 Å². The summed E-state index contributed by atoms with van der Waals surface area (Å²) in [4.78, 5) is 22.8. The number of amides is 1. The van der Waals surface area contributed by atoms with Gasteiger partial charge in [0.25, 0.3) is 5.91 Å². The van der Waals surface area contributed by atoms with E-state index in [9.17, 15) is 13.6 Å². The van der Waals surface area contributed by atoms with E-state index in [1.807, 2.05) is 16.8 Å². The Hall–Kier alpha value is -4.51. The van der Waals surface area contributed by atoms with Crippen molar-refractivity contribution in [2.24, 2.45) is 0 Å². The zero-order valence-corrected chi connectivity index (χ0v) is 20.6. The summed E-state index contributed by atoms with van der Waals surface area (Å²) in [5.74, 6) is -1.27. The Bertz CT molecular complexity index is 1640. The first kappa shape index (κ1) is 23.9. The second kappa shape index (κ2) is 9.75. The number of carbonyl (C=O) groups excluding carboxylic acids is 1. The van der Waals surface area contributed by atoms with E-state index in [2.05, 4.69) is 27.1 Å². The number of aromatic nitrogens is 6. The van der Waals surface area contributed by atoms with Gasteiger partial charge in [0.15, 0.2) is 11.5 Å². The maximum absolute atomic E-state index is 13.7. The number of carbonyl (C=O) groups is 1. The van der Waals surface area contributed by atoms with Crippen molar-refractivity contribution in [3.63, 3.8) is 0 Å². The molecule has 9 nitrogen and oxygen atoms in total. The number of imidazole rings is 1. The minimum Gasteiger partial charge on any atom is -0.305 e. The monoisotopic (exact) mass is 514 g/mol. The molecule has 192 valence electrons. The van der Waals surface area contributed by atoms with E-state index in [1.165, 1.54) is 24.4 Å². The molecule has 38 heavy (non-hydrogen) atoms. The van der Waals surface area contributed by atoms with E-state index in [0.29, 0.717) is 11.3 Å². The molecule has 0 unspecified atom stereocenters. The van der Waals surface area contributed by atoms with E-state index in [4.69, 9.17) is 10.2 Å². The fourth-order valence-corrected chi connectivity index (χ4v) is 4.76. The summed E-state index contributed by atoms with van der Waals surface area (Å²) in [5.41, 5.74) is 4.81. The Morgan fingerprint density at radius 3 is 2.68 bits per heavy atom. The van der Waals surface area contributed by atoms with Crippen LogP contribution in [0.2, 0.25) is 0 Å². The summed E-state index contributed by atoms with van der Waals surface area (Å²) in [6.07, 6.45) is 3.88. The molecule has 6 rings (SSSR count). The first-order chi connectivity index (χ1) is 18.5. The van der Waals surface area contributed by atoms with E-state index < -0.39 is 11.9 Å². The molecule has 1 N–H and O–H groups in total. The molecule has 0 atom stereocenters. The number of nitrogens with one attached hydrogen (secondary N) is 1. The minimum atomic E-state index is -0.738. The quantitative estimate of drug-likeness (QED) is 0.338. The molecule has 1 aliphatic rings. The van der Waals surface area contributed by atoms with Gasteiger partial charge >= 0.3 is 0 Å². The lowest BCUT2D eigenvalue weighted by Gasteiger charge is -2.27. The van der Waals surface area contributed by atoms with Crippen LogP contribution in [0.3, 0.4) is 0 Å². The fraction of sp³-hybridized carbons (Fsp3) is 0.222. The fourth-order valence-electron chi connectivity index (χ4n) is 4.76. The summed E-state index contributed by atoms with van der Waals surface area (Å²) in [6.45, 7) is 5.53. The van der Waals surface area contributed by atoms with Crippen LogP contribution in [0.15, 0.2) is 60.9 Å². The summed E-state index contributed by atoms with van der Waals surface area (Å²) in [5, 5.41) is 12.4. The van der Waals surface area contributed by atoms with Gasteiger partial charge in [0.05, 0.1) is 29.7 Å². The molecule has 0 aliphatic carbocycles. The molecule has 4 aromatic heterocycles. The van der Waals surface area contributed by atoms with Crippen LogP contribution in [-0.4, -0.2) is 53.3 Å². The van der Waals surface area contributed by atoms with Crippen molar-refractivity contribution in [1.29, 1.82) is 0 Å². The third-order valence-corrected chi connectivity index (χ3v) is 6.52. The highest BCUT2D eigenvalue weighted by molar-refractivity contribution is 6.03. The van der Waals surface area contributed by atoms with Gasteiger partial charge in [-0.1, -0.05) is 6.92 Å². The molecular formula is C27H24F2N8O. The second-order valence-corrected chi connectivity index (χ2v) is 9.15. The first-order valence-corrected chi connectivity index (χ1v) is 12.4. The number of pyridine rings is 1. The molecule has 5 aromatic rings. The number of fused-ring (bicyclic) bond motifs is 2. The summed E-state index contributed by atoms with van der Waals surface area (Å²) in [6, 6.07) is 12.5. The van der Waals surface area contributed by atoms with Gasteiger partial charge in [0.2, 0.25) is 5.95 Å². The van der Waals surface area contributed by atoms with Crippen LogP contribution >= 0.6 is 0 Å². The number of hydrogen-bond donors (Lipinski definition) is 1. The van der Waals surface area contributed by atoms with Crippen molar-refractivity contribution in [1.82, 2.24) is 34.3 Å². The van der Waals surface area contributed by atoms with Gasteiger partial charge < -0.3 is 5.32 Å². The van der Waals surface area contributed by atoms with Gasteiger partial charge in [-0.3, -0.25) is 14.4 Å². The summed E-state index contributed by atoms with van der Waals surface area (Å²) >= 11 is 0. The van der Waals surface area contributed by atoms with Crippen LogP contribution < -0.4 is 5.32 Å². The molecule has 11 heteroatoms. The molecule has 0 radical (unpaired) electrons. The average molecular weight is 515 g/mol. The second-order valence-electron chi connectivity index (χ2n) is 9.15. The van der Waals surface area contributed by atoms with Crippen molar-refractivity contribution in [2.45, 2.75) is 26.4 Å². The average Bonchev–Trinajstić information content (AvgIpc) is 3.49. The molecular weight excluding hydrogens is 490 g/mol. The highest BCUT2D eigenvalue weighted by atomic mass is 19.1. The topological polar surface area (TPSA) is 93.2 Å². The van der Waals surface area contributed by atoms with Crippen molar-refractivity contribution in [3.05, 3.63) is 83.9 Å². The van der Waals surface area contributed by atoms with Crippen LogP contribution in [0.5, 0.6) is 0 Å². The minimum absolute atomic E-state index is 0.135. The smallest absolute Gasteiger partial charge is 0.257 e. The van der Waals surface area contributed by atoms with Crippen molar-refractivity contribution in [3.8, 4) is 22.5 Å². The SMILES string of the molecule is CCCN1CCn2nc(-c3ccc(F)cc3)c(-c3ccc4nc(NC(=O)c5ccnc(F)c5)cn4n3)c2C1. The number of anilines is 1. The van der Waals surface area contributed by atoms with Crippen LogP contribution in [0.4, 0.5) is 14.6 Å². The zero-order chi connectivity index (χ0) is 26.2. The van der Waals surface area contributed by atoms with Crippen molar-refractivity contribution < 1.29 is 13.6 Å². The first-order valence-electron chi connectivity index (χ1n) is 12.4. The lowest BCUT2D eigenvalue weighted by atomic mass is 10.0. The molecule has 0 spiro atoms. The molecule has 1 amide bonds. The van der Waals surface area contributed by atoms with Gasteiger partial charge in [0.1, 0.15) is 11.5 Å². The number of nitrogens with zero attached hydrogens (tertiary/aromatic N) is 7. The molecule has 0 bridgehead atoms. The number of rotatable bonds is 6. The molecule has 1 aromatic carbocycles. The number of halogens is 2. The predicted molar refractivity (Wildman–Crippen MR) is 137 cm³/mol. The van der Waals surface area contributed by atoms with Crippen LogP contribution in [0.25, 0.3) is 28.2 Å². The number of hydrogen-bond acceptors (Lipinski definition) is 6. The maximum Gasteiger partial charge on any atom is 0.257 e. The Morgan fingerprint density at radius 1 is 1.05 bits per heavy atom. The Labute approximate surface area is 216 Å². The van der Waals surface area contributed by atoms with Crippen LogP contribution in [0, 0.1) is 11.8 Å². The lowest BCUT2D eigenvalue weighted by Crippen LogP contribution is -2.34. The van der Waals surface area contributed by atoms with Crippen molar-refractivity contribution in [2.75, 3.05) is 18.4 Å². The van der Waals surface area contributed by atoms with Gasteiger partial charge in [-0.05, 0) is 55.4 Å². The third kappa shape index (κ3) is 4.52. The van der Waals surface area contributed by atoms with Gasteiger partial charge in [-0.15, -0.1) is 0 Å². The van der Waals surface area contributed by atoms with Crippen molar-refractivity contribution >= 4 is 17.4 Å². The molecule has 1 aliphatic heterocycles. The van der Waals surface area contributed by atoms with E-state index in [1.54, 1.807) is 22.8 Å². The van der Waals surface area contributed by atoms with Gasteiger partial charge in [0, 0.05) is 36.5 Å². The lowest BCUT2D eigenvalue weighted by molar-refractivity contribution is 0.102. The summed E-state index contributed by atoms with van der Waals surface area (Å²) < 4.78 is 30.7. The van der Waals surface area contributed by atoms with Gasteiger partial charge in [-0.2, -0.15) is 14.6 Å². The molecule has 0 saturated carbocycles. The third-order valence-electron chi connectivity index (χ3n) is 6.52. The zero-order valence-electron chi connectivity index (χ0n) is 20.6. The largest absolute Gasteiger partial charge is 0.305 e. The molecule has 0 saturated heterocycles. The Morgan fingerprint density at radius 2 is 1.89 bits per heavy atom. The van der Waals surface area contributed by atoms with Crippen LogP contribution in [-0.2, 0) is 13.1 Å². The Balaban J connectivity index is 1.39. The molecule has 0 fully saturated rings. The Kier molecular flexibility index (Phi) is 6.12. The number of benzene rings is 1. The van der Waals surface area contributed by atoms with Crippen LogP contribution in [0.1, 0.15) is 29.4 Å². The standard InChI is InChI=1S/C27H24F2N8O/c1-2-11-35-12-13-36-21(15-35)25(26(34-36)17-3-5-19(28)6-4-17)20-7-8-24-31-23(16-37(24)33-20)32-27(38)18-9-10-30-22(29)14-18/h3-10,14,16H,2,11-13,15H2,1H3,(H,32,38). The van der Waals surface area contributed by atoms with Gasteiger partial charge in [-0.25, -0.2) is 18.9 Å². The summed E-state index contributed by atoms with van der Waals surface area (Å²) in [7, 11) is 0. The molecule has 5 heterocycles. The normalized spacial score (nSPS) is 13.6. The van der Waals surface area contributed by atoms with E-state index >= 15 is 0 Å². The maximum atomic E-state index is 13.7. The predicted octanol–water partition coefficient (Wildman–Crippen LogP) is 4.41. The highest BCUT2D eigenvalue weighted by Crippen LogP contribution is 2.36. The highest BCUT2D eigenvalue weighted by Gasteiger charge is 2.27.